The number of nitrogens with one attached hydrogen (secondary N) is 1. The lowest BCUT2D eigenvalue weighted by molar-refractivity contribution is 0.300. The first-order valence-corrected chi connectivity index (χ1v) is 6.55. The average Bonchev–Trinajstić information content (AvgIpc) is 2.41. The number of nitrogens with zero attached hydrogens (tertiary/aromatic N) is 1. The molecule has 1 aromatic carbocycles. The van der Waals surface area contributed by atoms with Gasteiger partial charge in [-0.15, -0.1) is 0 Å². The summed E-state index contributed by atoms with van der Waals surface area (Å²) in [6.45, 7) is 3.17. The van der Waals surface area contributed by atoms with Crippen molar-refractivity contribution in [1.82, 2.24) is 10.3 Å². The topological polar surface area (TPSA) is 34.1 Å². The van der Waals surface area contributed by atoms with Gasteiger partial charge in [-0.3, -0.25) is 4.98 Å². The Morgan fingerprint density at radius 2 is 2.00 bits per heavy atom. The highest BCUT2D eigenvalue weighted by Crippen LogP contribution is 2.21. The second-order valence-corrected chi connectivity index (χ2v) is 4.76. The van der Waals surface area contributed by atoms with Crippen molar-refractivity contribution in [3.63, 3.8) is 0 Å². The van der Waals surface area contributed by atoms with Gasteiger partial charge in [-0.1, -0.05) is 17.7 Å². The van der Waals surface area contributed by atoms with Gasteiger partial charge in [0.1, 0.15) is 12.4 Å². The molecule has 0 amide bonds. The third-order valence-corrected chi connectivity index (χ3v) is 3.16. The van der Waals surface area contributed by atoms with Gasteiger partial charge in [0.15, 0.2) is 0 Å². The van der Waals surface area contributed by atoms with E-state index in [1.807, 2.05) is 50.4 Å². The zero-order valence-corrected chi connectivity index (χ0v) is 11.9. The second kappa shape index (κ2) is 6.55. The highest BCUT2D eigenvalue weighted by molar-refractivity contribution is 6.31. The van der Waals surface area contributed by atoms with Crippen LogP contribution in [0.15, 0.2) is 36.4 Å². The Morgan fingerprint density at radius 1 is 1.21 bits per heavy atom. The minimum absolute atomic E-state index is 0.457. The van der Waals surface area contributed by atoms with E-state index in [-0.39, 0.29) is 0 Å². The molecule has 0 aliphatic rings. The van der Waals surface area contributed by atoms with Crippen LogP contribution in [0.1, 0.15) is 17.0 Å². The minimum Gasteiger partial charge on any atom is -0.487 e. The fourth-order valence-corrected chi connectivity index (χ4v) is 1.87. The van der Waals surface area contributed by atoms with Crippen molar-refractivity contribution >= 4 is 11.6 Å². The monoisotopic (exact) mass is 276 g/mol. The molecule has 0 aliphatic carbocycles. The molecule has 1 heterocycles. The van der Waals surface area contributed by atoms with Crippen LogP contribution in [0, 0.1) is 6.92 Å². The molecule has 2 rings (SSSR count). The van der Waals surface area contributed by atoms with Crippen molar-refractivity contribution in [2.24, 2.45) is 0 Å². The molecule has 1 aromatic heterocycles. The highest BCUT2D eigenvalue weighted by atomic mass is 35.5. The normalized spacial score (nSPS) is 10.5. The van der Waals surface area contributed by atoms with Crippen LogP contribution in [0.25, 0.3) is 0 Å². The molecule has 0 fully saturated rings. The quantitative estimate of drug-likeness (QED) is 0.909. The maximum absolute atomic E-state index is 5.98. The van der Waals surface area contributed by atoms with Gasteiger partial charge in [-0.25, -0.2) is 0 Å². The summed E-state index contributed by atoms with van der Waals surface area (Å²) in [7, 11) is 1.90. The molecule has 0 saturated heterocycles. The summed E-state index contributed by atoms with van der Waals surface area (Å²) in [6, 6.07) is 11.6. The lowest BCUT2D eigenvalue weighted by Crippen LogP contribution is -2.08. The second-order valence-electron chi connectivity index (χ2n) is 4.35. The maximum atomic E-state index is 5.98. The van der Waals surface area contributed by atoms with E-state index in [0.717, 1.165) is 34.3 Å². The van der Waals surface area contributed by atoms with Crippen molar-refractivity contribution in [1.29, 1.82) is 0 Å². The molecule has 0 bridgehead atoms. The zero-order chi connectivity index (χ0) is 13.7. The lowest BCUT2D eigenvalue weighted by atomic mass is 10.2. The van der Waals surface area contributed by atoms with E-state index >= 15 is 0 Å². The van der Waals surface area contributed by atoms with Crippen LogP contribution in [0.2, 0.25) is 5.02 Å². The Morgan fingerprint density at radius 3 is 2.74 bits per heavy atom. The number of hydrogen-bond donors (Lipinski definition) is 1. The van der Waals surface area contributed by atoms with Crippen LogP contribution in [0.4, 0.5) is 0 Å². The maximum Gasteiger partial charge on any atom is 0.130 e. The number of aryl methyl sites for hydroxylation is 1. The van der Waals surface area contributed by atoms with E-state index in [0.29, 0.717) is 6.61 Å². The zero-order valence-electron chi connectivity index (χ0n) is 11.1. The van der Waals surface area contributed by atoms with Crippen molar-refractivity contribution in [3.05, 3.63) is 58.4 Å². The molecule has 1 N–H and O–H groups in total. The largest absolute Gasteiger partial charge is 0.487 e. The summed E-state index contributed by atoms with van der Waals surface area (Å²) in [5, 5.41) is 3.83. The number of aromatic nitrogens is 1. The van der Waals surface area contributed by atoms with Crippen LogP contribution < -0.4 is 10.1 Å². The van der Waals surface area contributed by atoms with Gasteiger partial charge < -0.3 is 10.1 Å². The molecule has 3 nitrogen and oxygen atoms in total. The van der Waals surface area contributed by atoms with Crippen molar-refractivity contribution in [2.75, 3.05) is 7.05 Å². The fourth-order valence-electron chi connectivity index (χ4n) is 1.75. The molecule has 0 aliphatic heterocycles. The molecule has 0 atom stereocenters. The van der Waals surface area contributed by atoms with Gasteiger partial charge in [0.05, 0.1) is 11.4 Å². The summed E-state index contributed by atoms with van der Waals surface area (Å²) < 4.78 is 5.72. The van der Waals surface area contributed by atoms with Crippen molar-refractivity contribution < 1.29 is 4.74 Å². The third kappa shape index (κ3) is 3.94. The molecule has 0 spiro atoms. The molecular formula is C15H17ClN2O. The third-order valence-electron chi connectivity index (χ3n) is 2.74. The van der Waals surface area contributed by atoms with E-state index in [9.17, 15) is 0 Å². The Hall–Kier alpha value is -1.58. The summed E-state index contributed by atoms with van der Waals surface area (Å²) >= 11 is 5.98. The Kier molecular flexibility index (Phi) is 4.77. The van der Waals surface area contributed by atoms with Gasteiger partial charge >= 0.3 is 0 Å². The Balaban J connectivity index is 2.01. The lowest BCUT2D eigenvalue weighted by Gasteiger charge is -2.08. The van der Waals surface area contributed by atoms with Crippen molar-refractivity contribution in [2.45, 2.75) is 20.1 Å². The van der Waals surface area contributed by atoms with Crippen LogP contribution >= 0.6 is 11.6 Å². The predicted molar refractivity (Wildman–Crippen MR) is 77.5 cm³/mol. The van der Waals surface area contributed by atoms with Gasteiger partial charge in [-0.05, 0) is 49.9 Å². The molecule has 4 heteroatoms. The molecule has 0 radical (unpaired) electrons. The van der Waals surface area contributed by atoms with E-state index in [2.05, 4.69) is 10.3 Å². The summed E-state index contributed by atoms with van der Waals surface area (Å²) in [5.74, 6) is 0.808. The van der Waals surface area contributed by atoms with Crippen LogP contribution in [-0.4, -0.2) is 12.0 Å². The van der Waals surface area contributed by atoms with Crippen molar-refractivity contribution in [3.8, 4) is 5.75 Å². The molecule has 0 saturated carbocycles. The smallest absolute Gasteiger partial charge is 0.130 e. The van der Waals surface area contributed by atoms with Gasteiger partial charge in [-0.2, -0.15) is 0 Å². The molecular weight excluding hydrogens is 260 g/mol. The number of ether oxygens (including phenoxy) is 1. The van der Waals surface area contributed by atoms with Gasteiger partial charge in [0.25, 0.3) is 0 Å². The summed E-state index contributed by atoms with van der Waals surface area (Å²) in [6.07, 6.45) is 0. The summed E-state index contributed by atoms with van der Waals surface area (Å²) in [4.78, 5) is 4.50. The minimum atomic E-state index is 0.457. The van der Waals surface area contributed by atoms with Crippen LogP contribution in [0.3, 0.4) is 0 Å². The number of rotatable bonds is 5. The highest BCUT2D eigenvalue weighted by Gasteiger charge is 2.01. The average molecular weight is 277 g/mol. The number of hydrogen-bond acceptors (Lipinski definition) is 3. The van der Waals surface area contributed by atoms with E-state index < -0.39 is 0 Å². The van der Waals surface area contributed by atoms with Crippen LogP contribution in [0.5, 0.6) is 5.75 Å². The number of halogens is 1. The first-order valence-electron chi connectivity index (χ1n) is 6.17. The summed E-state index contributed by atoms with van der Waals surface area (Å²) in [5.41, 5.74) is 2.94. The SMILES string of the molecule is CNCc1cccc(COc2ccc(Cl)c(C)c2)n1. The van der Waals surface area contributed by atoms with Crippen LogP contribution in [-0.2, 0) is 13.2 Å². The number of benzene rings is 1. The van der Waals surface area contributed by atoms with E-state index in [1.54, 1.807) is 0 Å². The van der Waals surface area contributed by atoms with E-state index in [1.165, 1.54) is 0 Å². The standard InChI is InChI=1S/C15H17ClN2O/c1-11-8-14(6-7-15(11)16)19-10-13-5-3-4-12(18-13)9-17-2/h3-8,17H,9-10H2,1-2H3. The molecule has 0 unspecified atom stereocenters. The Bertz CT molecular complexity index is 558. The van der Waals surface area contributed by atoms with Gasteiger partial charge in [0.2, 0.25) is 0 Å². The molecule has 19 heavy (non-hydrogen) atoms. The molecule has 100 valence electrons. The Labute approximate surface area is 118 Å². The first kappa shape index (κ1) is 13.8. The van der Waals surface area contributed by atoms with E-state index in [4.69, 9.17) is 16.3 Å². The van der Waals surface area contributed by atoms with Gasteiger partial charge in [0, 0.05) is 11.6 Å². The predicted octanol–water partition coefficient (Wildman–Crippen LogP) is 3.34. The first-order chi connectivity index (χ1) is 9.19. The number of pyridine rings is 1. The fraction of sp³-hybridized carbons (Fsp3) is 0.267. The molecule has 2 aromatic rings.